The lowest BCUT2D eigenvalue weighted by molar-refractivity contribution is -0.114. The number of aliphatic imine (C=N–C) groups is 1. The number of ether oxygens (including phenoxy) is 2. The van der Waals surface area contributed by atoms with Gasteiger partial charge < -0.3 is 9.47 Å². The molecule has 38 heavy (non-hydrogen) atoms. The van der Waals surface area contributed by atoms with Crippen LogP contribution in [0.1, 0.15) is 22.3 Å². The van der Waals surface area contributed by atoms with Crippen LogP contribution in [-0.2, 0) is 11.4 Å². The summed E-state index contributed by atoms with van der Waals surface area (Å²) in [4.78, 5) is 17.0. The van der Waals surface area contributed by atoms with E-state index in [9.17, 15) is 4.79 Å². The molecule has 0 aromatic heterocycles. The molecular weight excluding hydrogens is 567 g/mol. The normalized spacial score (nSPS) is 15.9. The van der Waals surface area contributed by atoms with Crippen LogP contribution in [0.2, 0.25) is 15.1 Å². The lowest BCUT2D eigenvalue weighted by Crippen LogP contribution is -2.35. The molecule has 1 amide bonds. The van der Waals surface area contributed by atoms with Gasteiger partial charge in [-0.3, -0.25) is 10.2 Å². The molecule has 5 rings (SSSR count). The Morgan fingerprint density at radius 1 is 1.05 bits per heavy atom. The average Bonchev–Trinajstić information content (AvgIpc) is 3.31. The van der Waals surface area contributed by atoms with E-state index in [2.05, 4.69) is 10.1 Å². The summed E-state index contributed by atoms with van der Waals surface area (Å²) < 4.78 is 11.4. The molecule has 2 aliphatic heterocycles. The van der Waals surface area contributed by atoms with Crippen LogP contribution in [0.5, 0.6) is 11.5 Å². The van der Waals surface area contributed by atoms with Crippen LogP contribution in [0.4, 0.5) is 0 Å². The van der Waals surface area contributed by atoms with Gasteiger partial charge in [0.25, 0.3) is 5.91 Å². The number of hydrazone groups is 1. The molecule has 0 bridgehead atoms. The number of aryl methyl sites for hydroxylation is 1. The van der Waals surface area contributed by atoms with Crippen LogP contribution >= 0.6 is 46.6 Å². The zero-order chi connectivity index (χ0) is 27.0. The first kappa shape index (κ1) is 26.3. The minimum Gasteiger partial charge on any atom is -0.493 e. The highest BCUT2D eigenvalue weighted by molar-refractivity contribution is 8.27. The molecule has 0 spiro atoms. The second-order valence-corrected chi connectivity index (χ2v) is 10.6. The fraction of sp³-hybridized carbons (Fsp3) is 0.111. The van der Waals surface area contributed by atoms with Gasteiger partial charge in [-0.25, -0.2) is 0 Å². The first-order valence-corrected chi connectivity index (χ1v) is 13.2. The monoisotopic (exact) mass is 584 g/mol. The number of hydrogen-bond acceptors (Lipinski definition) is 6. The van der Waals surface area contributed by atoms with E-state index in [-0.39, 0.29) is 23.0 Å². The molecule has 0 atom stereocenters. The van der Waals surface area contributed by atoms with E-state index >= 15 is 0 Å². The summed E-state index contributed by atoms with van der Waals surface area (Å²) in [5, 5.41) is 16.8. The van der Waals surface area contributed by atoms with Gasteiger partial charge in [0.2, 0.25) is 5.17 Å². The number of nitrogens with one attached hydrogen (secondary N) is 1. The van der Waals surface area contributed by atoms with Crippen molar-refractivity contribution >= 4 is 74.6 Å². The van der Waals surface area contributed by atoms with Crippen molar-refractivity contribution in [1.29, 1.82) is 5.41 Å². The number of benzene rings is 3. The van der Waals surface area contributed by atoms with Crippen LogP contribution in [0.15, 0.2) is 70.3 Å². The Morgan fingerprint density at radius 2 is 1.82 bits per heavy atom. The molecule has 0 aliphatic carbocycles. The number of fused-ring (bicyclic) bond motifs is 1. The number of carbonyl (C=O) groups excluding carboxylic acids is 1. The van der Waals surface area contributed by atoms with Gasteiger partial charge >= 0.3 is 0 Å². The summed E-state index contributed by atoms with van der Waals surface area (Å²) in [7, 11) is 1.48. The predicted octanol–water partition coefficient (Wildman–Crippen LogP) is 7.21. The van der Waals surface area contributed by atoms with Crippen LogP contribution in [0.3, 0.4) is 0 Å². The standard InChI is InChI=1S/C27H19Cl3N4O3S/c1-14-3-5-16(6-4-14)26-33-34-24(31)19(25(35)32-27(34)38-26)9-15-10-21(30)23(22(11-15)36-2)37-13-17-7-8-18(28)12-20(17)29/h3-12,31H,13H2,1-2H3/b19-9-,31-24?. The largest absolute Gasteiger partial charge is 0.493 e. The molecule has 2 heterocycles. The Hall–Kier alpha value is -3.30. The maximum atomic E-state index is 12.9. The minimum absolute atomic E-state index is 0.0722. The van der Waals surface area contributed by atoms with Crippen LogP contribution in [0, 0.1) is 12.3 Å². The minimum atomic E-state index is -0.540. The lowest BCUT2D eigenvalue weighted by atomic mass is 10.1. The maximum absolute atomic E-state index is 12.9. The van der Waals surface area contributed by atoms with E-state index in [1.807, 2.05) is 31.2 Å². The highest BCUT2D eigenvalue weighted by Gasteiger charge is 2.36. The fourth-order valence-corrected chi connectivity index (χ4v) is 5.36. The van der Waals surface area contributed by atoms with Crippen molar-refractivity contribution in [2.24, 2.45) is 10.1 Å². The Morgan fingerprint density at radius 3 is 2.53 bits per heavy atom. The zero-order valence-electron chi connectivity index (χ0n) is 20.1. The SMILES string of the molecule is COc1cc(/C=C2/C(=N)N3N=C(c4ccc(C)cc4)SC3=NC2=O)cc(Cl)c1OCc1ccc(Cl)cc1Cl. The Balaban J connectivity index is 1.41. The topological polar surface area (TPSA) is 87.3 Å². The predicted molar refractivity (Wildman–Crippen MR) is 154 cm³/mol. The molecule has 0 saturated heterocycles. The smallest absolute Gasteiger partial charge is 0.283 e. The molecule has 1 N–H and O–H groups in total. The van der Waals surface area contributed by atoms with Gasteiger partial charge in [0.1, 0.15) is 11.7 Å². The highest BCUT2D eigenvalue weighted by Crippen LogP contribution is 2.39. The Labute approximate surface area is 238 Å². The number of thioether (sulfide) groups is 1. The molecule has 3 aromatic rings. The van der Waals surface area contributed by atoms with Gasteiger partial charge in [-0.1, -0.05) is 70.7 Å². The number of hydrogen-bond donors (Lipinski definition) is 1. The van der Waals surface area contributed by atoms with Crippen molar-refractivity contribution in [2.45, 2.75) is 13.5 Å². The van der Waals surface area contributed by atoms with Gasteiger partial charge in [-0.2, -0.15) is 15.1 Å². The number of nitrogens with zero attached hydrogens (tertiary/aromatic N) is 3. The number of amides is 1. The molecule has 192 valence electrons. The van der Waals surface area contributed by atoms with Crippen molar-refractivity contribution in [2.75, 3.05) is 7.11 Å². The van der Waals surface area contributed by atoms with E-state index < -0.39 is 5.91 Å². The summed E-state index contributed by atoms with van der Waals surface area (Å²) in [6.07, 6.45) is 1.53. The van der Waals surface area contributed by atoms with Crippen molar-refractivity contribution in [3.63, 3.8) is 0 Å². The van der Waals surface area contributed by atoms with Crippen molar-refractivity contribution in [3.8, 4) is 11.5 Å². The molecular formula is C27H19Cl3N4O3S. The molecule has 2 aliphatic rings. The fourth-order valence-electron chi connectivity index (χ4n) is 3.72. The number of amidine groups is 2. The Kier molecular flexibility index (Phi) is 7.49. The number of rotatable bonds is 6. The quantitative estimate of drug-likeness (QED) is 0.309. The average molecular weight is 586 g/mol. The third kappa shape index (κ3) is 5.31. The van der Waals surface area contributed by atoms with Crippen molar-refractivity contribution in [1.82, 2.24) is 5.01 Å². The highest BCUT2D eigenvalue weighted by atomic mass is 35.5. The third-order valence-electron chi connectivity index (χ3n) is 5.70. The van der Waals surface area contributed by atoms with Gasteiger partial charge in [-0.05, 0) is 54.6 Å². The van der Waals surface area contributed by atoms with Crippen LogP contribution < -0.4 is 9.47 Å². The lowest BCUT2D eigenvalue weighted by Gasteiger charge is -2.20. The second-order valence-electron chi connectivity index (χ2n) is 8.35. The van der Waals surface area contributed by atoms with Crippen molar-refractivity contribution < 1.29 is 14.3 Å². The second kappa shape index (κ2) is 10.8. The van der Waals surface area contributed by atoms with Crippen molar-refractivity contribution in [3.05, 3.63) is 97.5 Å². The number of methoxy groups -OCH3 is 1. The van der Waals surface area contributed by atoms with Crippen LogP contribution in [-0.4, -0.2) is 34.1 Å². The number of halogens is 3. The third-order valence-corrected chi connectivity index (χ3v) is 7.53. The summed E-state index contributed by atoms with van der Waals surface area (Å²) in [6, 6.07) is 16.3. The molecule has 3 aromatic carbocycles. The number of carbonyl (C=O) groups is 1. The van der Waals surface area contributed by atoms with Gasteiger partial charge in [0.05, 0.1) is 17.7 Å². The first-order valence-electron chi connectivity index (χ1n) is 11.2. The molecule has 7 nitrogen and oxygen atoms in total. The Bertz CT molecular complexity index is 1570. The van der Waals surface area contributed by atoms with E-state index in [0.717, 1.165) is 16.7 Å². The summed E-state index contributed by atoms with van der Waals surface area (Å²) in [5.74, 6) is 0.0464. The van der Waals surface area contributed by atoms with Gasteiger partial charge in [0.15, 0.2) is 17.3 Å². The maximum Gasteiger partial charge on any atom is 0.283 e. The molecule has 0 unspecified atom stereocenters. The molecule has 0 fully saturated rings. The summed E-state index contributed by atoms with van der Waals surface area (Å²) >= 11 is 20.0. The molecule has 0 radical (unpaired) electrons. The van der Waals surface area contributed by atoms with Gasteiger partial charge in [0, 0.05) is 21.2 Å². The van der Waals surface area contributed by atoms with E-state index in [1.54, 1.807) is 30.3 Å². The van der Waals surface area contributed by atoms with Gasteiger partial charge in [-0.15, -0.1) is 0 Å². The zero-order valence-corrected chi connectivity index (χ0v) is 23.2. The molecule has 0 saturated carbocycles. The van der Waals surface area contributed by atoms with E-state index in [4.69, 9.17) is 49.7 Å². The van der Waals surface area contributed by atoms with Crippen LogP contribution in [0.25, 0.3) is 6.08 Å². The summed E-state index contributed by atoms with van der Waals surface area (Å²) in [5.41, 5.74) is 3.34. The first-order chi connectivity index (χ1) is 18.2. The van der Waals surface area contributed by atoms with E-state index in [0.29, 0.717) is 37.3 Å². The molecule has 11 heteroatoms. The summed E-state index contributed by atoms with van der Waals surface area (Å²) in [6.45, 7) is 2.14. The van der Waals surface area contributed by atoms with E-state index in [1.165, 1.54) is 30.0 Å².